The number of hydrogen-bond acceptors (Lipinski definition) is 4. The average molecular weight is 410 g/mol. The van der Waals surface area contributed by atoms with E-state index in [-0.39, 0.29) is 36.3 Å². The van der Waals surface area contributed by atoms with Crippen LogP contribution in [0.2, 0.25) is 0 Å². The predicted octanol–water partition coefficient (Wildman–Crippen LogP) is 3.91. The summed E-state index contributed by atoms with van der Waals surface area (Å²) < 4.78 is 14.9. The minimum Gasteiger partial charge on any atom is -0.348 e. The summed E-state index contributed by atoms with van der Waals surface area (Å²) in [4.78, 5) is 18.7. The lowest BCUT2D eigenvalue weighted by atomic mass is 9.96. The minimum atomic E-state index is -0.282. The van der Waals surface area contributed by atoms with Gasteiger partial charge in [0.05, 0.1) is 18.3 Å². The van der Waals surface area contributed by atoms with E-state index in [0.717, 1.165) is 16.8 Å². The number of rotatable bonds is 8. The summed E-state index contributed by atoms with van der Waals surface area (Å²) in [6.07, 6.45) is 3.15. The molecule has 158 valence electrons. The van der Waals surface area contributed by atoms with E-state index in [9.17, 15) is 9.18 Å². The van der Waals surface area contributed by atoms with Gasteiger partial charge in [-0.1, -0.05) is 38.1 Å². The van der Waals surface area contributed by atoms with Crippen LogP contribution < -0.4 is 5.32 Å². The van der Waals surface area contributed by atoms with Crippen molar-refractivity contribution in [3.8, 4) is 5.69 Å². The Morgan fingerprint density at radius 2 is 1.70 bits per heavy atom. The van der Waals surface area contributed by atoms with E-state index in [1.807, 2.05) is 50.1 Å². The molecule has 2 aromatic carbocycles. The van der Waals surface area contributed by atoms with Crippen molar-refractivity contribution in [2.75, 3.05) is 13.6 Å². The van der Waals surface area contributed by atoms with Gasteiger partial charge in [0.25, 0.3) is 0 Å². The Morgan fingerprint density at radius 3 is 2.27 bits per heavy atom. The third-order valence-electron chi connectivity index (χ3n) is 5.33. The monoisotopic (exact) mass is 409 g/mol. The second-order valence-corrected chi connectivity index (χ2v) is 7.86. The first-order valence-electron chi connectivity index (χ1n) is 10.0. The number of nitrogens with zero attached hydrogens (tertiary/aromatic N) is 4. The van der Waals surface area contributed by atoms with Crippen molar-refractivity contribution < 1.29 is 9.18 Å². The second-order valence-electron chi connectivity index (χ2n) is 7.86. The van der Waals surface area contributed by atoms with Crippen LogP contribution >= 0.6 is 0 Å². The third-order valence-corrected chi connectivity index (χ3v) is 5.33. The Balaban J connectivity index is 1.61. The van der Waals surface area contributed by atoms with Gasteiger partial charge in [-0.15, -0.1) is 0 Å². The average Bonchev–Trinajstić information content (AvgIpc) is 3.27. The Morgan fingerprint density at radius 1 is 1.07 bits per heavy atom. The SMILES string of the molecule is CC(C)C(NC(=O)CN(C)C(C)c1ccc(-n2cncn2)cc1)c1ccc(F)cc1. The van der Waals surface area contributed by atoms with Crippen molar-refractivity contribution in [3.05, 3.63) is 78.1 Å². The fraction of sp³-hybridized carbons (Fsp3) is 0.348. The van der Waals surface area contributed by atoms with Crippen LogP contribution in [-0.2, 0) is 4.79 Å². The minimum absolute atomic E-state index is 0.0591. The van der Waals surface area contributed by atoms with Crippen molar-refractivity contribution in [1.82, 2.24) is 25.0 Å². The lowest BCUT2D eigenvalue weighted by molar-refractivity contribution is -0.123. The molecule has 0 fully saturated rings. The predicted molar refractivity (Wildman–Crippen MR) is 115 cm³/mol. The molecule has 30 heavy (non-hydrogen) atoms. The van der Waals surface area contributed by atoms with Gasteiger partial charge in [0, 0.05) is 6.04 Å². The van der Waals surface area contributed by atoms with E-state index in [0.29, 0.717) is 0 Å². The van der Waals surface area contributed by atoms with Crippen LogP contribution in [-0.4, -0.2) is 39.2 Å². The van der Waals surface area contributed by atoms with Crippen molar-refractivity contribution >= 4 is 5.91 Å². The van der Waals surface area contributed by atoms with Gasteiger partial charge in [0.15, 0.2) is 0 Å². The van der Waals surface area contributed by atoms with Gasteiger partial charge in [-0.2, -0.15) is 5.10 Å². The van der Waals surface area contributed by atoms with Gasteiger partial charge < -0.3 is 5.32 Å². The first kappa shape index (κ1) is 21.6. The number of aromatic nitrogens is 3. The molecule has 0 saturated heterocycles. The summed E-state index contributed by atoms with van der Waals surface area (Å²) >= 11 is 0. The Kier molecular flexibility index (Phi) is 6.95. The summed E-state index contributed by atoms with van der Waals surface area (Å²) in [5.41, 5.74) is 2.94. The first-order chi connectivity index (χ1) is 14.3. The lowest BCUT2D eigenvalue weighted by Crippen LogP contribution is -2.39. The Hall–Kier alpha value is -3.06. The molecule has 0 aliphatic heterocycles. The molecular weight excluding hydrogens is 381 g/mol. The van der Waals surface area contributed by atoms with Crippen LogP contribution in [0, 0.1) is 11.7 Å². The number of likely N-dealkylation sites (N-methyl/N-ethyl adjacent to an activating group) is 1. The summed E-state index contributed by atoms with van der Waals surface area (Å²) in [6, 6.07) is 14.2. The van der Waals surface area contributed by atoms with E-state index < -0.39 is 0 Å². The fourth-order valence-corrected chi connectivity index (χ4v) is 3.39. The molecule has 3 aromatic rings. The highest BCUT2D eigenvalue weighted by molar-refractivity contribution is 5.78. The number of amides is 1. The lowest BCUT2D eigenvalue weighted by Gasteiger charge is -2.27. The highest BCUT2D eigenvalue weighted by atomic mass is 19.1. The molecule has 1 aromatic heterocycles. The molecule has 0 aliphatic rings. The van der Waals surface area contributed by atoms with E-state index in [4.69, 9.17) is 0 Å². The van der Waals surface area contributed by atoms with Crippen molar-refractivity contribution in [3.63, 3.8) is 0 Å². The molecule has 1 amide bonds. The standard InChI is InChI=1S/C23H28FN5O/c1-16(2)23(19-5-9-20(24)10-6-19)27-22(30)13-28(4)17(3)18-7-11-21(12-8-18)29-15-25-14-26-29/h5-12,14-17,23H,13H2,1-4H3,(H,27,30). The smallest absolute Gasteiger partial charge is 0.234 e. The molecule has 6 nitrogen and oxygen atoms in total. The molecule has 3 rings (SSSR count). The molecule has 0 aliphatic carbocycles. The number of halogens is 1. The Bertz CT molecular complexity index is 939. The number of nitrogens with one attached hydrogen (secondary N) is 1. The maximum absolute atomic E-state index is 13.2. The maximum atomic E-state index is 13.2. The summed E-state index contributed by atoms with van der Waals surface area (Å²) in [7, 11) is 1.93. The zero-order valence-corrected chi connectivity index (χ0v) is 17.8. The van der Waals surface area contributed by atoms with Crippen LogP contribution in [0.4, 0.5) is 4.39 Å². The fourth-order valence-electron chi connectivity index (χ4n) is 3.39. The number of carbonyl (C=O) groups excluding carboxylic acids is 1. The molecule has 0 bridgehead atoms. The van der Waals surface area contributed by atoms with E-state index in [1.54, 1.807) is 23.1 Å². The van der Waals surface area contributed by atoms with E-state index in [1.165, 1.54) is 18.5 Å². The van der Waals surface area contributed by atoms with Gasteiger partial charge in [-0.05, 0) is 55.3 Å². The first-order valence-corrected chi connectivity index (χ1v) is 10.0. The summed E-state index contributed by atoms with van der Waals surface area (Å²) in [5, 5.41) is 7.22. The number of hydrogen-bond donors (Lipinski definition) is 1. The van der Waals surface area contributed by atoms with Crippen LogP contribution in [0.25, 0.3) is 5.69 Å². The van der Waals surface area contributed by atoms with Gasteiger partial charge in [-0.3, -0.25) is 9.69 Å². The number of carbonyl (C=O) groups is 1. The molecule has 1 heterocycles. The highest BCUT2D eigenvalue weighted by Gasteiger charge is 2.21. The van der Waals surface area contributed by atoms with Gasteiger partial charge in [-0.25, -0.2) is 14.1 Å². The Labute approximate surface area is 176 Å². The zero-order valence-electron chi connectivity index (χ0n) is 17.8. The van der Waals surface area contributed by atoms with Crippen molar-refractivity contribution in [2.24, 2.45) is 5.92 Å². The second kappa shape index (κ2) is 9.63. The molecular formula is C23H28FN5O. The third kappa shape index (κ3) is 5.30. The van der Waals surface area contributed by atoms with Crippen LogP contribution in [0.5, 0.6) is 0 Å². The van der Waals surface area contributed by atoms with E-state index >= 15 is 0 Å². The highest BCUT2D eigenvalue weighted by Crippen LogP contribution is 2.23. The van der Waals surface area contributed by atoms with Gasteiger partial charge in [0.2, 0.25) is 5.91 Å². The molecule has 2 atom stereocenters. The molecule has 0 saturated carbocycles. The zero-order chi connectivity index (χ0) is 21.7. The normalized spacial score (nSPS) is 13.4. The van der Waals surface area contributed by atoms with Gasteiger partial charge >= 0.3 is 0 Å². The summed E-state index contributed by atoms with van der Waals surface area (Å²) in [5.74, 6) is -0.158. The quantitative estimate of drug-likeness (QED) is 0.613. The molecule has 0 radical (unpaired) electrons. The molecule has 2 unspecified atom stereocenters. The van der Waals surface area contributed by atoms with Crippen molar-refractivity contribution in [1.29, 1.82) is 0 Å². The number of benzene rings is 2. The largest absolute Gasteiger partial charge is 0.348 e. The van der Waals surface area contributed by atoms with Crippen molar-refractivity contribution in [2.45, 2.75) is 32.9 Å². The van der Waals surface area contributed by atoms with Gasteiger partial charge in [0.1, 0.15) is 18.5 Å². The molecule has 1 N–H and O–H groups in total. The van der Waals surface area contributed by atoms with Crippen LogP contribution in [0.3, 0.4) is 0 Å². The maximum Gasteiger partial charge on any atom is 0.234 e. The molecule has 7 heteroatoms. The summed E-state index contributed by atoms with van der Waals surface area (Å²) in [6.45, 7) is 6.41. The topological polar surface area (TPSA) is 63.1 Å². The van der Waals surface area contributed by atoms with Crippen LogP contribution in [0.15, 0.2) is 61.2 Å². The van der Waals surface area contributed by atoms with Crippen LogP contribution in [0.1, 0.15) is 44.0 Å². The molecule has 0 spiro atoms. The van der Waals surface area contributed by atoms with E-state index in [2.05, 4.69) is 22.3 Å².